The zero-order chi connectivity index (χ0) is 10.8. The van der Waals surface area contributed by atoms with E-state index in [-0.39, 0.29) is 0 Å². The summed E-state index contributed by atoms with van der Waals surface area (Å²) < 4.78 is 36.3. The Morgan fingerprint density at radius 3 is 2.14 bits per heavy atom. The summed E-state index contributed by atoms with van der Waals surface area (Å²) in [6, 6.07) is 3.39. The molecule has 0 saturated carbocycles. The Kier molecular flexibility index (Phi) is 3.36. The number of hydrogen-bond acceptors (Lipinski definition) is 2. The quantitative estimate of drug-likeness (QED) is 0.716. The molecule has 0 N–H and O–H groups in total. The second-order valence-corrected chi connectivity index (χ2v) is 6.22. The van der Waals surface area contributed by atoms with Gasteiger partial charge in [0.25, 0.3) is 0 Å². The summed E-state index contributed by atoms with van der Waals surface area (Å²) in [7, 11) is 0.231. The van der Waals surface area contributed by atoms with Crippen molar-refractivity contribution in [2.45, 2.75) is 6.55 Å². The number of hydrogen-bond donors (Lipinski definition) is 0. The van der Waals surface area contributed by atoms with Crippen LogP contribution in [0.15, 0.2) is 18.2 Å². The third-order valence-electron chi connectivity index (χ3n) is 2.20. The normalized spacial score (nSPS) is 11.8. The largest absolute Gasteiger partial charge is 0.394 e. The highest BCUT2D eigenvalue weighted by Crippen LogP contribution is 2.09. The van der Waals surface area contributed by atoms with Gasteiger partial charge in [-0.3, -0.25) is 0 Å². The Balaban J connectivity index is 3.17. The molecule has 0 radical (unpaired) electrons. The van der Waals surface area contributed by atoms with Crippen molar-refractivity contribution < 1.29 is 17.6 Å². The van der Waals surface area contributed by atoms with Crippen LogP contribution in [-0.2, 0) is 8.85 Å². The van der Waals surface area contributed by atoms with E-state index in [2.05, 4.69) is 0 Å². The second kappa shape index (κ2) is 4.16. The maximum absolute atomic E-state index is 13.4. The van der Waals surface area contributed by atoms with E-state index in [1.807, 2.05) is 0 Å². The van der Waals surface area contributed by atoms with Crippen molar-refractivity contribution in [3.63, 3.8) is 0 Å². The molecule has 1 aromatic rings. The molecule has 14 heavy (non-hydrogen) atoms. The summed E-state index contributed by atoms with van der Waals surface area (Å²) >= 11 is 0. The van der Waals surface area contributed by atoms with Crippen LogP contribution in [0, 0.1) is 11.6 Å². The lowest BCUT2D eigenvalue weighted by Crippen LogP contribution is -2.51. The first kappa shape index (κ1) is 11.3. The van der Waals surface area contributed by atoms with Gasteiger partial charge in [0.15, 0.2) is 0 Å². The molecule has 2 nitrogen and oxygen atoms in total. The lowest BCUT2D eigenvalue weighted by molar-refractivity contribution is 0.264. The van der Waals surface area contributed by atoms with E-state index in [4.69, 9.17) is 8.85 Å². The maximum Gasteiger partial charge on any atom is 0.371 e. The van der Waals surface area contributed by atoms with E-state index >= 15 is 0 Å². The molecule has 0 aliphatic carbocycles. The molecule has 0 unspecified atom stereocenters. The van der Waals surface area contributed by atoms with Crippen LogP contribution in [0.2, 0.25) is 6.55 Å². The standard InChI is InChI=1S/C9H12F2O2Si/c1-12-14(3,13-2)9-5-4-7(10)6-8(9)11/h4-6H,1-3H3. The van der Waals surface area contributed by atoms with Crippen molar-refractivity contribution in [2.75, 3.05) is 14.2 Å². The SMILES string of the molecule is CO[Si](C)(OC)c1ccc(F)cc1F. The van der Waals surface area contributed by atoms with Crippen LogP contribution in [0.1, 0.15) is 0 Å². The average Bonchev–Trinajstić information content (AvgIpc) is 2.17. The van der Waals surface area contributed by atoms with Gasteiger partial charge < -0.3 is 8.85 Å². The van der Waals surface area contributed by atoms with Gasteiger partial charge in [-0.25, -0.2) is 8.78 Å². The van der Waals surface area contributed by atoms with Gasteiger partial charge in [-0.2, -0.15) is 0 Å². The highest BCUT2D eigenvalue weighted by Gasteiger charge is 2.34. The van der Waals surface area contributed by atoms with Crippen molar-refractivity contribution in [2.24, 2.45) is 0 Å². The first-order chi connectivity index (χ1) is 6.53. The molecular weight excluding hydrogens is 206 g/mol. The van der Waals surface area contributed by atoms with Crippen LogP contribution < -0.4 is 5.19 Å². The van der Waals surface area contributed by atoms with Gasteiger partial charge in [0.1, 0.15) is 11.6 Å². The first-order valence-electron chi connectivity index (χ1n) is 4.09. The number of rotatable bonds is 3. The highest BCUT2D eigenvalue weighted by atomic mass is 28.4. The van der Waals surface area contributed by atoms with E-state index in [1.54, 1.807) is 6.55 Å². The Morgan fingerprint density at radius 1 is 1.14 bits per heavy atom. The van der Waals surface area contributed by atoms with Gasteiger partial charge in [0.2, 0.25) is 0 Å². The third kappa shape index (κ3) is 2.00. The molecule has 0 heterocycles. The Morgan fingerprint density at radius 2 is 1.71 bits per heavy atom. The van der Waals surface area contributed by atoms with Gasteiger partial charge in [-0.1, -0.05) is 6.07 Å². The highest BCUT2D eigenvalue weighted by molar-refractivity contribution is 6.79. The van der Waals surface area contributed by atoms with Crippen molar-refractivity contribution in [1.82, 2.24) is 0 Å². The third-order valence-corrected chi connectivity index (χ3v) is 5.14. The van der Waals surface area contributed by atoms with Crippen molar-refractivity contribution >= 4 is 13.7 Å². The lowest BCUT2D eigenvalue weighted by atomic mass is 10.3. The van der Waals surface area contributed by atoms with Crippen LogP contribution in [-0.4, -0.2) is 22.8 Å². The first-order valence-corrected chi connectivity index (χ1v) is 6.41. The molecule has 0 fully saturated rings. The van der Waals surface area contributed by atoms with Crippen LogP contribution >= 0.6 is 0 Å². The monoisotopic (exact) mass is 218 g/mol. The molecule has 0 bridgehead atoms. The number of halogens is 2. The minimum atomic E-state index is -2.68. The minimum absolute atomic E-state index is 0.309. The molecule has 0 aliphatic heterocycles. The lowest BCUT2D eigenvalue weighted by Gasteiger charge is -2.23. The van der Waals surface area contributed by atoms with Crippen molar-refractivity contribution in [3.8, 4) is 0 Å². The van der Waals surface area contributed by atoms with E-state index in [0.717, 1.165) is 6.07 Å². The summed E-state index contributed by atoms with van der Waals surface area (Å²) in [4.78, 5) is 0. The Hall–Kier alpha value is -0.783. The predicted molar refractivity (Wildman–Crippen MR) is 51.6 cm³/mol. The van der Waals surface area contributed by atoms with Gasteiger partial charge in [0, 0.05) is 25.5 Å². The van der Waals surface area contributed by atoms with Gasteiger partial charge in [0.05, 0.1) is 0 Å². The number of benzene rings is 1. The molecule has 5 heteroatoms. The summed E-state index contributed by atoms with van der Waals surface area (Å²) in [6.07, 6.45) is 0. The molecule has 0 aromatic heterocycles. The van der Waals surface area contributed by atoms with Gasteiger partial charge >= 0.3 is 8.56 Å². The summed E-state index contributed by atoms with van der Waals surface area (Å²) in [5.41, 5.74) is 0. The fourth-order valence-corrected chi connectivity index (χ4v) is 2.66. The molecule has 0 atom stereocenters. The minimum Gasteiger partial charge on any atom is -0.394 e. The molecule has 78 valence electrons. The summed E-state index contributed by atoms with van der Waals surface area (Å²) in [6.45, 7) is 1.70. The van der Waals surface area contributed by atoms with E-state index in [9.17, 15) is 8.78 Å². The molecule has 0 aliphatic rings. The molecule has 0 saturated heterocycles. The van der Waals surface area contributed by atoms with Crippen LogP contribution in [0.3, 0.4) is 0 Å². The van der Waals surface area contributed by atoms with Crippen LogP contribution in [0.25, 0.3) is 0 Å². The van der Waals surface area contributed by atoms with Gasteiger partial charge in [-0.05, 0) is 12.6 Å². The van der Waals surface area contributed by atoms with Crippen LogP contribution in [0.5, 0.6) is 0 Å². The fourth-order valence-electron chi connectivity index (χ4n) is 1.16. The Bertz CT molecular complexity index is 327. The second-order valence-electron chi connectivity index (χ2n) is 2.98. The predicted octanol–water partition coefficient (Wildman–Crippen LogP) is 1.54. The molecule has 1 aromatic carbocycles. The molecular formula is C9H12F2O2Si. The van der Waals surface area contributed by atoms with Gasteiger partial charge in [-0.15, -0.1) is 0 Å². The van der Waals surface area contributed by atoms with Crippen molar-refractivity contribution in [3.05, 3.63) is 29.8 Å². The fraction of sp³-hybridized carbons (Fsp3) is 0.333. The smallest absolute Gasteiger partial charge is 0.371 e. The van der Waals surface area contributed by atoms with E-state index in [0.29, 0.717) is 5.19 Å². The average molecular weight is 218 g/mol. The molecule has 0 spiro atoms. The van der Waals surface area contributed by atoms with E-state index in [1.165, 1.54) is 26.4 Å². The summed E-state index contributed by atoms with van der Waals surface area (Å²) in [5, 5.41) is 0.309. The summed E-state index contributed by atoms with van der Waals surface area (Å²) in [5.74, 6) is -1.22. The van der Waals surface area contributed by atoms with Crippen molar-refractivity contribution in [1.29, 1.82) is 0 Å². The topological polar surface area (TPSA) is 18.5 Å². The zero-order valence-electron chi connectivity index (χ0n) is 8.30. The molecule has 0 amide bonds. The van der Waals surface area contributed by atoms with Crippen LogP contribution in [0.4, 0.5) is 8.78 Å². The molecule has 1 rings (SSSR count). The Labute approximate surface area is 82.7 Å². The van der Waals surface area contributed by atoms with E-state index < -0.39 is 20.2 Å². The maximum atomic E-state index is 13.4. The zero-order valence-corrected chi connectivity index (χ0v) is 9.30.